The largest absolute Gasteiger partial charge is 0.464 e. The summed E-state index contributed by atoms with van der Waals surface area (Å²) in [7, 11) is 0. The molecule has 4 nitrogen and oxygen atoms in total. The summed E-state index contributed by atoms with van der Waals surface area (Å²) in [4.78, 5) is 12.0. The van der Waals surface area contributed by atoms with Gasteiger partial charge in [0.25, 0.3) is 0 Å². The first-order valence-electron chi connectivity index (χ1n) is 6.84. The summed E-state index contributed by atoms with van der Waals surface area (Å²) in [5.41, 5.74) is 0.0622. The van der Waals surface area contributed by atoms with E-state index in [1.54, 1.807) is 0 Å². The lowest BCUT2D eigenvalue weighted by molar-refractivity contribution is -0.146. The molecule has 4 heteroatoms. The molecule has 0 radical (unpaired) electrons. The van der Waals surface area contributed by atoms with E-state index in [4.69, 9.17) is 4.74 Å². The highest BCUT2D eigenvalue weighted by atomic mass is 16.5. The lowest BCUT2D eigenvalue weighted by atomic mass is 9.90. The van der Waals surface area contributed by atoms with Crippen LogP contribution >= 0.6 is 0 Å². The van der Waals surface area contributed by atoms with E-state index in [9.17, 15) is 4.79 Å². The topological polar surface area (TPSA) is 51.0 Å². The summed E-state index contributed by atoms with van der Waals surface area (Å²) in [5.74, 6) is 1.20. The Labute approximate surface area is 102 Å². The number of carbonyl (C=O) groups is 1. The zero-order chi connectivity index (χ0) is 11.9. The molecule has 2 fully saturated rings. The summed E-state index contributed by atoms with van der Waals surface area (Å²) in [6, 6.07) is -0.296. The second-order valence-electron chi connectivity index (χ2n) is 5.53. The Morgan fingerprint density at radius 1 is 1.29 bits per heavy atom. The summed E-state index contributed by atoms with van der Waals surface area (Å²) >= 11 is 0. The molecule has 0 bridgehead atoms. The molecule has 0 amide bonds. The Kier molecular flexibility index (Phi) is 2.68. The van der Waals surface area contributed by atoms with Crippen molar-refractivity contribution in [1.82, 2.24) is 0 Å². The van der Waals surface area contributed by atoms with Crippen LogP contribution in [0.1, 0.15) is 39.0 Å². The van der Waals surface area contributed by atoms with Gasteiger partial charge in [0.1, 0.15) is 0 Å². The van der Waals surface area contributed by atoms with Gasteiger partial charge in [0.15, 0.2) is 6.04 Å². The SMILES string of the molecule is CCOC(=O)C1N=NCC12C1CCCCCC12. The van der Waals surface area contributed by atoms with Crippen molar-refractivity contribution in [1.29, 1.82) is 0 Å². The van der Waals surface area contributed by atoms with Gasteiger partial charge in [0, 0.05) is 5.41 Å². The number of fused-ring (bicyclic) bond motifs is 3. The maximum absolute atomic E-state index is 12.0. The summed E-state index contributed by atoms with van der Waals surface area (Å²) < 4.78 is 5.15. The first kappa shape index (κ1) is 11.2. The van der Waals surface area contributed by atoms with Crippen molar-refractivity contribution in [3.05, 3.63) is 0 Å². The van der Waals surface area contributed by atoms with Gasteiger partial charge in [-0.05, 0) is 31.6 Å². The molecular weight excluding hydrogens is 216 g/mol. The first-order chi connectivity index (χ1) is 8.30. The number of hydrogen-bond donors (Lipinski definition) is 0. The normalized spacial score (nSPS) is 43.2. The van der Waals surface area contributed by atoms with Gasteiger partial charge in [-0.25, -0.2) is 4.79 Å². The van der Waals surface area contributed by atoms with E-state index in [0.29, 0.717) is 18.4 Å². The number of ether oxygens (including phenoxy) is 1. The van der Waals surface area contributed by atoms with E-state index in [0.717, 1.165) is 6.54 Å². The Morgan fingerprint density at radius 2 is 2.00 bits per heavy atom. The average molecular weight is 236 g/mol. The molecule has 1 spiro atoms. The van der Waals surface area contributed by atoms with Crippen molar-refractivity contribution in [2.75, 3.05) is 13.2 Å². The lowest BCUT2D eigenvalue weighted by Gasteiger charge is -2.17. The van der Waals surface area contributed by atoms with E-state index in [1.165, 1.54) is 32.1 Å². The van der Waals surface area contributed by atoms with Crippen LogP contribution in [-0.2, 0) is 9.53 Å². The van der Waals surface area contributed by atoms with Crippen molar-refractivity contribution in [2.45, 2.75) is 45.1 Å². The predicted molar refractivity (Wildman–Crippen MR) is 62.6 cm³/mol. The third kappa shape index (κ3) is 1.53. The number of azo groups is 1. The van der Waals surface area contributed by atoms with Crippen LogP contribution in [-0.4, -0.2) is 25.2 Å². The zero-order valence-corrected chi connectivity index (χ0v) is 10.4. The van der Waals surface area contributed by atoms with Crippen LogP contribution in [0.25, 0.3) is 0 Å². The van der Waals surface area contributed by atoms with Crippen molar-refractivity contribution >= 4 is 5.97 Å². The van der Waals surface area contributed by atoms with Crippen LogP contribution < -0.4 is 0 Å². The zero-order valence-electron chi connectivity index (χ0n) is 10.4. The van der Waals surface area contributed by atoms with Crippen molar-refractivity contribution in [3.63, 3.8) is 0 Å². The Bertz CT molecular complexity index is 341. The Hall–Kier alpha value is -0.930. The minimum absolute atomic E-state index is 0.0622. The standard InChI is InChI=1S/C13H20N2O2/c1-2-17-12(16)11-13(8-14-15-11)9-6-4-3-5-7-10(9)13/h9-11H,2-8H2,1H3. The molecular formula is C13H20N2O2. The molecule has 3 rings (SSSR count). The van der Waals surface area contributed by atoms with Gasteiger partial charge in [0.2, 0.25) is 0 Å². The number of nitrogens with zero attached hydrogens (tertiary/aromatic N) is 2. The number of esters is 1. The fourth-order valence-electron chi connectivity index (χ4n) is 4.04. The third-order valence-electron chi connectivity index (χ3n) is 4.85. The van der Waals surface area contributed by atoms with Gasteiger partial charge < -0.3 is 4.74 Å². The van der Waals surface area contributed by atoms with Gasteiger partial charge in [-0.2, -0.15) is 10.2 Å². The summed E-state index contributed by atoms with van der Waals surface area (Å²) in [6.07, 6.45) is 6.47. The molecule has 0 aromatic heterocycles. The highest BCUT2D eigenvalue weighted by Crippen LogP contribution is 2.68. The number of hydrogen-bond acceptors (Lipinski definition) is 4. The van der Waals surface area contributed by atoms with Gasteiger partial charge in [-0.1, -0.05) is 19.3 Å². The molecule has 3 atom stereocenters. The predicted octanol–water partition coefficient (Wildman–Crippen LogP) is 2.58. The van der Waals surface area contributed by atoms with E-state index >= 15 is 0 Å². The Morgan fingerprint density at radius 3 is 2.65 bits per heavy atom. The highest BCUT2D eigenvalue weighted by molar-refractivity contribution is 5.78. The lowest BCUT2D eigenvalue weighted by Crippen LogP contribution is -2.32. The molecule has 0 saturated heterocycles. The maximum Gasteiger partial charge on any atom is 0.333 e. The monoisotopic (exact) mass is 236 g/mol. The van der Waals surface area contributed by atoms with Crippen LogP contribution in [0, 0.1) is 17.3 Å². The van der Waals surface area contributed by atoms with Crippen LogP contribution in [0.15, 0.2) is 10.2 Å². The fraction of sp³-hybridized carbons (Fsp3) is 0.923. The number of carbonyl (C=O) groups excluding carboxylic acids is 1. The molecule has 0 N–H and O–H groups in total. The van der Waals surface area contributed by atoms with Crippen LogP contribution in [0.3, 0.4) is 0 Å². The fourth-order valence-corrected chi connectivity index (χ4v) is 4.04. The quantitative estimate of drug-likeness (QED) is 0.692. The molecule has 1 heterocycles. The van der Waals surface area contributed by atoms with Gasteiger partial charge >= 0.3 is 5.97 Å². The van der Waals surface area contributed by atoms with Gasteiger partial charge in [-0.15, -0.1) is 0 Å². The van der Waals surface area contributed by atoms with E-state index in [2.05, 4.69) is 10.2 Å². The molecule has 1 aliphatic heterocycles. The molecule has 3 unspecified atom stereocenters. The molecule has 94 valence electrons. The second-order valence-corrected chi connectivity index (χ2v) is 5.53. The molecule has 2 saturated carbocycles. The minimum Gasteiger partial charge on any atom is -0.464 e. The molecule has 0 aromatic rings. The molecule has 0 aromatic carbocycles. The van der Waals surface area contributed by atoms with Gasteiger partial charge in [-0.3, -0.25) is 0 Å². The maximum atomic E-state index is 12.0. The van der Waals surface area contributed by atoms with E-state index in [1.807, 2.05) is 6.92 Å². The van der Waals surface area contributed by atoms with Gasteiger partial charge in [0.05, 0.1) is 13.2 Å². The van der Waals surface area contributed by atoms with Crippen LogP contribution in [0.2, 0.25) is 0 Å². The third-order valence-corrected chi connectivity index (χ3v) is 4.85. The smallest absolute Gasteiger partial charge is 0.333 e. The second kappa shape index (κ2) is 4.07. The molecule has 17 heavy (non-hydrogen) atoms. The first-order valence-corrected chi connectivity index (χ1v) is 6.84. The van der Waals surface area contributed by atoms with E-state index < -0.39 is 0 Å². The minimum atomic E-state index is -0.296. The van der Waals surface area contributed by atoms with E-state index in [-0.39, 0.29) is 17.4 Å². The molecule has 3 aliphatic rings. The summed E-state index contributed by atoms with van der Waals surface area (Å²) in [5, 5.41) is 8.34. The van der Waals surface area contributed by atoms with Crippen LogP contribution in [0.4, 0.5) is 0 Å². The number of rotatable bonds is 2. The highest BCUT2D eigenvalue weighted by Gasteiger charge is 2.71. The summed E-state index contributed by atoms with van der Waals surface area (Å²) in [6.45, 7) is 3.05. The van der Waals surface area contributed by atoms with Crippen molar-refractivity contribution in [3.8, 4) is 0 Å². The van der Waals surface area contributed by atoms with Crippen molar-refractivity contribution in [2.24, 2.45) is 27.5 Å². The molecule has 2 aliphatic carbocycles. The van der Waals surface area contributed by atoms with Crippen molar-refractivity contribution < 1.29 is 9.53 Å². The Balaban J connectivity index is 1.77. The average Bonchev–Trinajstić information content (AvgIpc) is 2.79. The van der Waals surface area contributed by atoms with Crippen LogP contribution in [0.5, 0.6) is 0 Å².